The fourth-order valence-electron chi connectivity index (χ4n) is 1.68. The first-order valence-electron chi connectivity index (χ1n) is 6.06. The second-order valence-electron chi connectivity index (χ2n) is 4.15. The molecule has 0 radical (unpaired) electrons. The number of rotatable bonds is 5. The zero-order chi connectivity index (χ0) is 15.5. The third kappa shape index (κ3) is 2.77. The minimum absolute atomic E-state index is 0.115. The van der Waals surface area contributed by atoms with Crippen LogP contribution in [0.4, 0.5) is 10.1 Å². The number of nitrogens with zero attached hydrogens (tertiary/aromatic N) is 3. The maximum Gasteiger partial charge on any atom is 0.272 e. The summed E-state index contributed by atoms with van der Waals surface area (Å²) in [6.45, 7) is -0.178. The molecule has 0 bridgehead atoms. The first kappa shape index (κ1) is 13.7. The Bertz CT molecular complexity index is 800. The van der Waals surface area contributed by atoms with Gasteiger partial charge in [-0.15, -0.1) is 0 Å². The summed E-state index contributed by atoms with van der Waals surface area (Å²) in [6, 6.07) is 6.41. The first-order chi connectivity index (χ1) is 10.6. The molecule has 0 N–H and O–H groups in total. The molecular weight excluding hydrogens is 297 g/mol. The Morgan fingerprint density at radius 2 is 2.23 bits per heavy atom. The van der Waals surface area contributed by atoms with Crippen molar-refractivity contribution in [2.24, 2.45) is 0 Å². The highest BCUT2D eigenvalue weighted by Crippen LogP contribution is 2.23. The van der Waals surface area contributed by atoms with Crippen LogP contribution in [0, 0.1) is 15.9 Å². The van der Waals surface area contributed by atoms with Crippen molar-refractivity contribution in [3.63, 3.8) is 0 Å². The fourth-order valence-corrected chi connectivity index (χ4v) is 1.68. The van der Waals surface area contributed by atoms with Crippen LogP contribution in [-0.4, -0.2) is 15.1 Å². The first-order valence-corrected chi connectivity index (χ1v) is 6.06. The van der Waals surface area contributed by atoms with Crippen LogP contribution in [0.1, 0.15) is 5.89 Å². The molecule has 1 aromatic carbocycles. The van der Waals surface area contributed by atoms with E-state index >= 15 is 0 Å². The quantitative estimate of drug-likeness (QED) is 0.527. The van der Waals surface area contributed by atoms with Gasteiger partial charge in [-0.3, -0.25) is 10.1 Å². The van der Waals surface area contributed by atoms with Gasteiger partial charge >= 0.3 is 0 Å². The topological polar surface area (TPSA) is 104 Å². The highest BCUT2D eigenvalue weighted by Gasteiger charge is 2.14. The van der Waals surface area contributed by atoms with Crippen LogP contribution in [-0.2, 0) is 6.61 Å². The Morgan fingerprint density at radius 3 is 2.91 bits per heavy atom. The molecule has 8 nitrogen and oxygen atoms in total. The Balaban J connectivity index is 1.69. The number of benzene rings is 1. The number of ether oxygens (including phenoxy) is 1. The molecule has 112 valence electrons. The summed E-state index contributed by atoms with van der Waals surface area (Å²) < 4.78 is 28.8. The van der Waals surface area contributed by atoms with Crippen molar-refractivity contribution < 1.29 is 23.0 Å². The highest BCUT2D eigenvalue weighted by atomic mass is 19.1. The molecule has 0 unspecified atom stereocenters. The van der Waals surface area contributed by atoms with Gasteiger partial charge in [0.2, 0.25) is 5.82 Å². The molecule has 2 heterocycles. The summed E-state index contributed by atoms with van der Waals surface area (Å²) in [5.74, 6) is -0.211. The van der Waals surface area contributed by atoms with Crippen molar-refractivity contribution in [2.75, 3.05) is 0 Å². The summed E-state index contributed by atoms with van der Waals surface area (Å²) >= 11 is 0. The van der Waals surface area contributed by atoms with E-state index in [1.165, 1.54) is 6.26 Å². The maximum absolute atomic E-state index is 13.6. The van der Waals surface area contributed by atoms with Crippen molar-refractivity contribution in [2.45, 2.75) is 6.61 Å². The largest absolute Gasteiger partial charge is 0.481 e. The zero-order valence-electron chi connectivity index (χ0n) is 10.9. The highest BCUT2D eigenvalue weighted by molar-refractivity contribution is 5.44. The number of furan rings is 1. The molecule has 0 saturated carbocycles. The molecular formula is C13H8FN3O5. The lowest BCUT2D eigenvalue weighted by atomic mass is 10.3. The lowest BCUT2D eigenvalue weighted by Crippen LogP contribution is -1.98. The number of hydrogen-bond donors (Lipinski definition) is 0. The minimum Gasteiger partial charge on any atom is -0.481 e. The van der Waals surface area contributed by atoms with E-state index in [4.69, 9.17) is 13.7 Å². The van der Waals surface area contributed by atoms with Gasteiger partial charge < -0.3 is 13.7 Å². The Morgan fingerprint density at radius 1 is 1.36 bits per heavy atom. The van der Waals surface area contributed by atoms with E-state index in [0.29, 0.717) is 5.76 Å². The molecule has 0 atom stereocenters. The monoisotopic (exact) mass is 305 g/mol. The van der Waals surface area contributed by atoms with Crippen molar-refractivity contribution in [3.05, 3.63) is 58.4 Å². The molecule has 0 spiro atoms. The summed E-state index contributed by atoms with van der Waals surface area (Å²) in [7, 11) is 0. The van der Waals surface area contributed by atoms with E-state index in [0.717, 1.165) is 18.2 Å². The van der Waals surface area contributed by atoms with Gasteiger partial charge in [0.15, 0.2) is 23.9 Å². The van der Waals surface area contributed by atoms with Crippen LogP contribution in [0.15, 0.2) is 45.5 Å². The van der Waals surface area contributed by atoms with E-state index in [1.807, 2.05) is 0 Å². The van der Waals surface area contributed by atoms with Crippen LogP contribution in [0.3, 0.4) is 0 Å². The van der Waals surface area contributed by atoms with Gasteiger partial charge in [0.05, 0.1) is 17.3 Å². The molecule has 22 heavy (non-hydrogen) atoms. The number of hydrogen-bond acceptors (Lipinski definition) is 7. The molecule has 9 heteroatoms. The standard InChI is InChI=1S/C13H8FN3O5/c14-9-6-8(17(18)19)3-4-10(9)21-7-12-15-13(16-22-12)11-2-1-5-20-11/h1-6H,7H2. The predicted molar refractivity (Wildman–Crippen MR) is 69.4 cm³/mol. The third-order valence-electron chi connectivity index (χ3n) is 2.69. The SMILES string of the molecule is O=[N+]([O-])c1ccc(OCc2nc(-c3ccco3)no2)c(F)c1. The average molecular weight is 305 g/mol. The van der Waals surface area contributed by atoms with Gasteiger partial charge in [-0.1, -0.05) is 5.16 Å². The summed E-state index contributed by atoms with van der Waals surface area (Å²) in [4.78, 5) is 13.8. The van der Waals surface area contributed by atoms with Gasteiger partial charge in [-0.2, -0.15) is 4.98 Å². The maximum atomic E-state index is 13.6. The lowest BCUT2D eigenvalue weighted by molar-refractivity contribution is -0.385. The minimum atomic E-state index is -0.847. The van der Waals surface area contributed by atoms with Crippen LogP contribution < -0.4 is 4.74 Å². The summed E-state index contributed by atoms with van der Waals surface area (Å²) in [6.07, 6.45) is 1.47. The van der Waals surface area contributed by atoms with Crippen molar-refractivity contribution in [1.82, 2.24) is 10.1 Å². The Kier molecular flexibility index (Phi) is 3.52. The van der Waals surface area contributed by atoms with E-state index in [9.17, 15) is 14.5 Å². The molecule has 0 aliphatic heterocycles. The number of aromatic nitrogens is 2. The molecule has 3 aromatic rings. The fraction of sp³-hybridized carbons (Fsp3) is 0.0769. The van der Waals surface area contributed by atoms with Crippen LogP contribution in [0.2, 0.25) is 0 Å². The predicted octanol–water partition coefficient (Wildman–Crippen LogP) is 2.96. The molecule has 3 rings (SSSR count). The van der Waals surface area contributed by atoms with Crippen molar-refractivity contribution >= 4 is 5.69 Å². The molecule has 0 aliphatic rings. The number of nitro groups is 1. The third-order valence-corrected chi connectivity index (χ3v) is 2.69. The zero-order valence-corrected chi connectivity index (χ0v) is 10.9. The summed E-state index contributed by atoms with van der Waals surface area (Å²) in [5, 5.41) is 14.2. The van der Waals surface area contributed by atoms with Gasteiger partial charge in [0.1, 0.15) is 0 Å². The lowest BCUT2D eigenvalue weighted by Gasteiger charge is -2.03. The second kappa shape index (κ2) is 5.64. The van der Waals surface area contributed by atoms with Gasteiger partial charge in [-0.25, -0.2) is 4.39 Å². The number of non-ortho nitro benzene ring substituents is 1. The second-order valence-corrected chi connectivity index (χ2v) is 4.15. The van der Waals surface area contributed by atoms with Gasteiger partial charge in [-0.05, 0) is 18.2 Å². The Hall–Kier alpha value is -3.23. The molecule has 0 amide bonds. The van der Waals surface area contributed by atoms with Crippen molar-refractivity contribution in [3.8, 4) is 17.3 Å². The molecule has 2 aromatic heterocycles. The van der Waals surface area contributed by atoms with Gasteiger partial charge in [0.25, 0.3) is 11.6 Å². The van der Waals surface area contributed by atoms with E-state index < -0.39 is 10.7 Å². The molecule has 0 saturated heterocycles. The van der Waals surface area contributed by atoms with E-state index in [2.05, 4.69) is 10.1 Å². The molecule has 0 fully saturated rings. The molecule has 0 aliphatic carbocycles. The van der Waals surface area contributed by atoms with Crippen LogP contribution in [0.25, 0.3) is 11.6 Å². The van der Waals surface area contributed by atoms with Gasteiger partial charge in [0, 0.05) is 6.07 Å². The normalized spacial score (nSPS) is 10.6. The smallest absolute Gasteiger partial charge is 0.272 e. The summed E-state index contributed by atoms with van der Waals surface area (Å²) in [5.41, 5.74) is -0.359. The van der Waals surface area contributed by atoms with E-state index in [-0.39, 0.29) is 29.8 Å². The Labute approximate surface area is 122 Å². The van der Waals surface area contributed by atoms with Crippen molar-refractivity contribution in [1.29, 1.82) is 0 Å². The number of nitro benzene ring substituents is 1. The van der Waals surface area contributed by atoms with E-state index in [1.54, 1.807) is 12.1 Å². The number of halogens is 1. The van der Waals surface area contributed by atoms with Crippen LogP contribution >= 0.6 is 0 Å². The average Bonchev–Trinajstić information content (AvgIpc) is 3.16. The van der Waals surface area contributed by atoms with Crippen LogP contribution in [0.5, 0.6) is 5.75 Å².